The largest absolute Gasteiger partial charge is 0.354 e. The molecule has 0 bridgehead atoms. The molecule has 58 heavy (non-hydrogen) atoms. The van der Waals surface area contributed by atoms with Gasteiger partial charge in [0.2, 0.25) is 23.6 Å². The van der Waals surface area contributed by atoms with Crippen LogP contribution in [0.2, 0.25) is 0 Å². The third-order valence-electron chi connectivity index (χ3n) is 10.3. The number of nitrogens with two attached hydrogens (primary N) is 2. The Hall–Kier alpha value is -5.32. The summed E-state index contributed by atoms with van der Waals surface area (Å²) in [7, 11) is 0. The van der Waals surface area contributed by atoms with Crippen molar-refractivity contribution in [2.45, 2.75) is 114 Å². The molecular weight excluding hydrogens is 725 g/mol. The molecule has 310 valence electrons. The van der Waals surface area contributed by atoms with E-state index in [9.17, 15) is 19.2 Å². The minimum atomic E-state index is -0.747. The highest BCUT2D eigenvalue weighted by Gasteiger charge is 2.25. The van der Waals surface area contributed by atoms with E-state index in [2.05, 4.69) is 21.3 Å². The normalized spacial score (nSPS) is 13.1. The van der Waals surface area contributed by atoms with Crippen LogP contribution in [0.5, 0.6) is 0 Å². The van der Waals surface area contributed by atoms with Gasteiger partial charge in [-0.2, -0.15) is 0 Å². The van der Waals surface area contributed by atoms with E-state index < -0.39 is 24.2 Å². The van der Waals surface area contributed by atoms with Gasteiger partial charge in [0, 0.05) is 25.9 Å². The molecule has 0 aliphatic carbocycles. The molecule has 0 spiro atoms. The van der Waals surface area contributed by atoms with Gasteiger partial charge in [0.15, 0.2) is 0 Å². The smallest absolute Gasteiger partial charge is 0.242 e. The number of carbonyl (C=O) groups excluding carboxylic acids is 4. The Labute approximate surface area is 345 Å². The van der Waals surface area contributed by atoms with Crippen molar-refractivity contribution in [1.82, 2.24) is 21.3 Å². The van der Waals surface area contributed by atoms with Crippen LogP contribution in [0.4, 0.5) is 0 Å². The van der Waals surface area contributed by atoms with Gasteiger partial charge in [-0.3, -0.25) is 19.2 Å². The van der Waals surface area contributed by atoms with Crippen LogP contribution < -0.4 is 32.7 Å². The molecule has 0 unspecified atom stereocenters. The monoisotopic (exact) mass is 788 g/mol. The van der Waals surface area contributed by atoms with E-state index in [-0.39, 0.29) is 23.6 Å². The van der Waals surface area contributed by atoms with Gasteiger partial charge in [0.05, 0.1) is 12.1 Å². The molecule has 0 aromatic heterocycles. The highest BCUT2D eigenvalue weighted by Crippen LogP contribution is 2.12. The molecule has 0 fully saturated rings. The second-order valence-electron chi connectivity index (χ2n) is 15.2. The van der Waals surface area contributed by atoms with Crippen LogP contribution in [0, 0.1) is 0 Å². The first-order chi connectivity index (χ1) is 28.3. The predicted octanol–water partition coefficient (Wildman–Crippen LogP) is 5.71. The third-order valence-corrected chi connectivity index (χ3v) is 10.3. The number of unbranched alkanes of at least 4 members (excludes halogenated alkanes) is 9. The van der Waals surface area contributed by atoms with Crippen molar-refractivity contribution in [3.63, 3.8) is 0 Å². The van der Waals surface area contributed by atoms with Crippen LogP contribution in [0.25, 0.3) is 0 Å². The van der Waals surface area contributed by atoms with Gasteiger partial charge in [-0.25, -0.2) is 0 Å². The second kappa shape index (κ2) is 26.6. The minimum Gasteiger partial charge on any atom is -0.354 e. The number of nitrogens with one attached hydrogen (secondary N) is 4. The highest BCUT2D eigenvalue weighted by molar-refractivity contribution is 5.90. The fourth-order valence-electron chi connectivity index (χ4n) is 6.93. The van der Waals surface area contributed by atoms with Crippen molar-refractivity contribution < 1.29 is 19.2 Å². The molecule has 10 nitrogen and oxygen atoms in total. The van der Waals surface area contributed by atoms with Crippen molar-refractivity contribution in [2.75, 3.05) is 13.1 Å². The molecule has 0 saturated heterocycles. The van der Waals surface area contributed by atoms with Crippen molar-refractivity contribution in [1.29, 1.82) is 0 Å². The van der Waals surface area contributed by atoms with Gasteiger partial charge in [-0.1, -0.05) is 173 Å². The first-order valence-electron chi connectivity index (χ1n) is 21.1. The minimum absolute atomic E-state index is 0.193. The first kappa shape index (κ1) is 45.4. The SMILES string of the molecule is N[C@H](Cc1ccccc1)C(=O)N[C@@H](Cc1ccccc1)C(=O)NCCCCCCCCCCCCNC(=O)[C@H](Cc1ccccc1)NC(=O)[C@H](N)Cc1ccccc1. The summed E-state index contributed by atoms with van der Waals surface area (Å²) in [6.45, 7) is 1.13. The van der Waals surface area contributed by atoms with Gasteiger partial charge in [0.25, 0.3) is 0 Å². The maximum absolute atomic E-state index is 13.2. The number of benzene rings is 4. The zero-order valence-electron chi connectivity index (χ0n) is 34.0. The lowest BCUT2D eigenvalue weighted by atomic mass is 10.0. The summed E-state index contributed by atoms with van der Waals surface area (Å²) in [5, 5.41) is 11.9. The predicted molar refractivity (Wildman–Crippen MR) is 233 cm³/mol. The fraction of sp³-hybridized carbons (Fsp3) is 0.417. The van der Waals surface area contributed by atoms with E-state index in [1.165, 1.54) is 12.8 Å². The lowest BCUT2D eigenvalue weighted by molar-refractivity contribution is -0.129. The number of hydrogen-bond acceptors (Lipinski definition) is 6. The average molecular weight is 789 g/mol. The number of hydrogen-bond donors (Lipinski definition) is 6. The molecule has 4 amide bonds. The quantitative estimate of drug-likeness (QED) is 0.0423. The van der Waals surface area contributed by atoms with E-state index in [1.54, 1.807) is 0 Å². The Bertz CT molecular complexity index is 1630. The number of amides is 4. The summed E-state index contributed by atoms with van der Waals surface area (Å²) < 4.78 is 0. The molecule has 4 aromatic carbocycles. The lowest BCUT2D eigenvalue weighted by Crippen LogP contribution is -2.53. The Kier molecular flexibility index (Phi) is 20.8. The second-order valence-corrected chi connectivity index (χ2v) is 15.2. The van der Waals surface area contributed by atoms with Gasteiger partial charge in [-0.05, 0) is 47.9 Å². The van der Waals surface area contributed by atoms with Crippen molar-refractivity contribution in [3.8, 4) is 0 Å². The Morgan fingerprint density at radius 3 is 0.914 bits per heavy atom. The molecule has 0 aliphatic heterocycles. The summed E-state index contributed by atoms with van der Waals surface area (Å²) >= 11 is 0. The van der Waals surface area contributed by atoms with Crippen molar-refractivity contribution in [2.24, 2.45) is 11.5 Å². The zero-order valence-corrected chi connectivity index (χ0v) is 34.0. The van der Waals surface area contributed by atoms with Gasteiger partial charge in [0.1, 0.15) is 12.1 Å². The fourth-order valence-corrected chi connectivity index (χ4v) is 6.93. The molecule has 0 heterocycles. The van der Waals surface area contributed by atoms with Crippen LogP contribution >= 0.6 is 0 Å². The lowest BCUT2D eigenvalue weighted by Gasteiger charge is -2.21. The topological polar surface area (TPSA) is 168 Å². The standard InChI is InChI=1S/C48H64N6O4/c49-41(33-37-23-13-9-14-24-37)45(55)53-43(35-39-27-17-11-18-28-39)47(57)51-31-21-7-5-3-1-2-4-6-8-22-32-52-48(58)44(36-40-29-19-12-20-30-40)54-46(56)42(50)34-38-25-15-10-16-26-38/h9-20,23-30,41-44H,1-8,21-22,31-36,49-50H2,(H,51,57)(H,52,58)(H,53,55)(H,54,56)/t41-,42-,43+,44+/m1/s1. The molecule has 8 N–H and O–H groups in total. The molecule has 4 rings (SSSR count). The summed E-state index contributed by atoms with van der Waals surface area (Å²) in [5.74, 6) is -1.06. The Morgan fingerprint density at radius 1 is 0.362 bits per heavy atom. The van der Waals surface area contributed by atoms with Gasteiger partial charge < -0.3 is 32.7 Å². The highest BCUT2D eigenvalue weighted by atomic mass is 16.2. The molecule has 10 heteroatoms. The molecule has 0 aliphatic rings. The maximum atomic E-state index is 13.2. The Morgan fingerprint density at radius 2 is 0.621 bits per heavy atom. The summed E-state index contributed by atoms with van der Waals surface area (Å²) in [4.78, 5) is 52.4. The molecular formula is C48H64N6O4. The molecule has 0 radical (unpaired) electrons. The van der Waals surface area contributed by atoms with E-state index in [1.807, 2.05) is 121 Å². The molecule has 4 atom stereocenters. The van der Waals surface area contributed by atoms with Crippen molar-refractivity contribution >= 4 is 23.6 Å². The molecule has 0 saturated carbocycles. The summed E-state index contributed by atoms with van der Waals surface area (Å²) in [5.41, 5.74) is 16.3. The first-order valence-corrected chi connectivity index (χ1v) is 21.1. The Balaban J connectivity index is 1.05. The van der Waals surface area contributed by atoms with Gasteiger partial charge >= 0.3 is 0 Å². The van der Waals surface area contributed by atoms with Crippen LogP contribution in [-0.2, 0) is 44.9 Å². The third kappa shape index (κ3) is 17.9. The zero-order chi connectivity index (χ0) is 41.2. The molecule has 4 aromatic rings. The van der Waals surface area contributed by atoms with E-state index >= 15 is 0 Å². The number of rotatable bonds is 27. The summed E-state index contributed by atoms with van der Waals surface area (Å²) in [6.07, 6.45) is 12.3. The van der Waals surface area contributed by atoms with Gasteiger partial charge in [-0.15, -0.1) is 0 Å². The average Bonchev–Trinajstić information content (AvgIpc) is 3.24. The van der Waals surface area contributed by atoms with Crippen LogP contribution in [0.3, 0.4) is 0 Å². The van der Waals surface area contributed by atoms with E-state index in [4.69, 9.17) is 11.5 Å². The number of carbonyl (C=O) groups is 4. The summed E-state index contributed by atoms with van der Waals surface area (Å²) in [6, 6.07) is 35.7. The van der Waals surface area contributed by atoms with E-state index in [0.717, 1.165) is 73.6 Å². The van der Waals surface area contributed by atoms with Crippen LogP contribution in [0.1, 0.15) is 86.5 Å². The maximum Gasteiger partial charge on any atom is 0.242 e. The van der Waals surface area contributed by atoms with Crippen molar-refractivity contribution in [3.05, 3.63) is 144 Å². The van der Waals surface area contributed by atoms with Crippen LogP contribution in [-0.4, -0.2) is 60.9 Å². The van der Waals surface area contributed by atoms with Crippen LogP contribution in [0.15, 0.2) is 121 Å². The van der Waals surface area contributed by atoms with E-state index in [0.29, 0.717) is 38.8 Å².